The Kier molecular flexibility index (Phi) is 3.33. The molecule has 1 aromatic rings. The SMILES string of the molecule is O=C(Nc1ncc(CCl)s1)C(F)(F)F. The molecule has 0 aliphatic carbocycles. The largest absolute Gasteiger partial charge is 0.471 e. The molecule has 0 atom stereocenters. The zero-order valence-corrected chi connectivity index (χ0v) is 8.13. The van der Waals surface area contributed by atoms with Crippen LogP contribution in [0.5, 0.6) is 0 Å². The molecule has 1 aromatic heterocycles. The van der Waals surface area contributed by atoms with Crippen LogP contribution < -0.4 is 5.32 Å². The summed E-state index contributed by atoms with van der Waals surface area (Å²) in [6, 6.07) is 0. The van der Waals surface area contributed by atoms with Gasteiger partial charge in [-0.25, -0.2) is 4.98 Å². The molecule has 0 aromatic carbocycles. The van der Waals surface area contributed by atoms with Gasteiger partial charge in [0.1, 0.15) is 0 Å². The molecule has 0 bridgehead atoms. The van der Waals surface area contributed by atoms with Crippen LogP contribution in [-0.2, 0) is 10.7 Å². The van der Waals surface area contributed by atoms with Gasteiger partial charge in [0, 0.05) is 11.1 Å². The Labute approximate surface area is 85.9 Å². The van der Waals surface area contributed by atoms with E-state index in [1.165, 1.54) is 6.20 Å². The van der Waals surface area contributed by atoms with E-state index in [0.29, 0.717) is 4.88 Å². The molecule has 8 heteroatoms. The average Bonchev–Trinajstić information content (AvgIpc) is 2.50. The molecule has 78 valence electrons. The molecule has 3 nitrogen and oxygen atoms in total. The Hall–Kier alpha value is -0.820. The van der Waals surface area contributed by atoms with Gasteiger partial charge in [-0.15, -0.1) is 22.9 Å². The molecule has 1 rings (SSSR count). The number of alkyl halides is 4. The number of thiazole rings is 1. The van der Waals surface area contributed by atoms with Gasteiger partial charge in [-0.2, -0.15) is 13.2 Å². The van der Waals surface area contributed by atoms with Crippen LogP contribution in [0.1, 0.15) is 4.88 Å². The van der Waals surface area contributed by atoms with Gasteiger partial charge < -0.3 is 0 Å². The van der Waals surface area contributed by atoms with Gasteiger partial charge in [-0.1, -0.05) is 0 Å². The zero-order chi connectivity index (χ0) is 10.8. The zero-order valence-electron chi connectivity index (χ0n) is 6.56. The fourth-order valence-electron chi connectivity index (χ4n) is 0.595. The second kappa shape index (κ2) is 4.14. The van der Waals surface area contributed by atoms with Crippen LogP contribution in [0, 0.1) is 0 Å². The molecular weight excluding hydrogens is 241 g/mol. The van der Waals surface area contributed by atoms with Crippen LogP contribution >= 0.6 is 22.9 Å². The van der Waals surface area contributed by atoms with E-state index >= 15 is 0 Å². The van der Waals surface area contributed by atoms with Crippen LogP contribution in [0.15, 0.2) is 6.20 Å². The van der Waals surface area contributed by atoms with E-state index in [1.54, 1.807) is 5.32 Å². The van der Waals surface area contributed by atoms with E-state index in [4.69, 9.17) is 11.6 Å². The van der Waals surface area contributed by atoms with Crippen molar-refractivity contribution in [3.8, 4) is 0 Å². The van der Waals surface area contributed by atoms with E-state index in [0.717, 1.165) is 11.3 Å². The van der Waals surface area contributed by atoms with Gasteiger partial charge in [0.05, 0.1) is 5.88 Å². The number of nitrogens with zero attached hydrogens (tertiary/aromatic N) is 1. The highest BCUT2D eigenvalue weighted by atomic mass is 35.5. The van der Waals surface area contributed by atoms with Crippen molar-refractivity contribution in [2.24, 2.45) is 0 Å². The van der Waals surface area contributed by atoms with Crippen LogP contribution in [0.25, 0.3) is 0 Å². The van der Waals surface area contributed by atoms with E-state index < -0.39 is 12.1 Å². The van der Waals surface area contributed by atoms with Crippen molar-refractivity contribution in [3.63, 3.8) is 0 Å². The van der Waals surface area contributed by atoms with E-state index in [9.17, 15) is 18.0 Å². The summed E-state index contributed by atoms with van der Waals surface area (Å²) in [6.07, 6.45) is -3.59. The van der Waals surface area contributed by atoms with Crippen molar-refractivity contribution in [1.29, 1.82) is 0 Å². The lowest BCUT2D eigenvalue weighted by molar-refractivity contribution is -0.167. The number of rotatable bonds is 2. The van der Waals surface area contributed by atoms with Gasteiger partial charge >= 0.3 is 12.1 Å². The number of halogens is 4. The fraction of sp³-hybridized carbons (Fsp3) is 0.333. The van der Waals surface area contributed by atoms with Crippen LogP contribution in [0.2, 0.25) is 0 Å². The van der Waals surface area contributed by atoms with Crippen molar-refractivity contribution in [2.45, 2.75) is 12.1 Å². The number of amides is 1. The highest BCUT2D eigenvalue weighted by Crippen LogP contribution is 2.22. The lowest BCUT2D eigenvalue weighted by Crippen LogP contribution is -2.29. The molecule has 1 heterocycles. The van der Waals surface area contributed by atoms with Crippen LogP contribution in [-0.4, -0.2) is 17.1 Å². The van der Waals surface area contributed by atoms with Gasteiger partial charge in [0.15, 0.2) is 5.13 Å². The molecule has 0 spiro atoms. The third-order valence-electron chi connectivity index (χ3n) is 1.16. The van der Waals surface area contributed by atoms with Gasteiger partial charge in [-0.05, 0) is 0 Å². The predicted octanol–water partition coefficient (Wildman–Crippen LogP) is 2.38. The minimum atomic E-state index is -4.90. The summed E-state index contributed by atoms with van der Waals surface area (Å²) in [4.78, 5) is 14.6. The number of anilines is 1. The molecule has 0 radical (unpaired) electrons. The summed E-state index contributed by atoms with van der Waals surface area (Å²) < 4.78 is 35.3. The van der Waals surface area contributed by atoms with E-state index in [-0.39, 0.29) is 11.0 Å². The Morgan fingerprint density at radius 3 is 2.71 bits per heavy atom. The quantitative estimate of drug-likeness (QED) is 0.812. The van der Waals surface area contributed by atoms with Crippen molar-refractivity contribution in [2.75, 3.05) is 5.32 Å². The van der Waals surface area contributed by atoms with Crippen LogP contribution in [0.4, 0.5) is 18.3 Å². The first kappa shape index (κ1) is 11.3. The first-order chi connectivity index (χ1) is 6.43. The minimum Gasteiger partial charge on any atom is -0.294 e. The molecule has 0 unspecified atom stereocenters. The van der Waals surface area contributed by atoms with Gasteiger partial charge in [-0.3, -0.25) is 10.1 Å². The van der Waals surface area contributed by atoms with Crippen molar-refractivity contribution >= 4 is 34.0 Å². The first-order valence-electron chi connectivity index (χ1n) is 3.32. The molecule has 0 saturated heterocycles. The lowest BCUT2D eigenvalue weighted by Gasteiger charge is -2.03. The molecule has 1 N–H and O–H groups in total. The monoisotopic (exact) mass is 244 g/mol. The molecule has 1 amide bonds. The predicted molar refractivity (Wildman–Crippen MR) is 46.4 cm³/mol. The van der Waals surface area contributed by atoms with Gasteiger partial charge in [0.25, 0.3) is 0 Å². The molecule has 0 fully saturated rings. The minimum absolute atomic E-state index is 0.108. The Balaban J connectivity index is 2.65. The standard InChI is InChI=1S/C6H4ClF3N2OS/c7-1-3-2-11-5(14-3)12-4(13)6(8,9)10/h2H,1H2,(H,11,12,13). The van der Waals surface area contributed by atoms with Crippen molar-refractivity contribution < 1.29 is 18.0 Å². The maximum absolute atomic E-state index is 11.8. The lowest BCUT2D eigenvalue weighted by atomic mass is 10.6. The maximum atomic E-state index is 11.8. The van der Waals surface area contributed by atoms with E-state index in [1.807, 2.05) is 0 Å². The smallest absolute Gasteiger partial charge is 0.294 e. The topological polar surface area (TPSA) is 42.0 Å². The third kappa shape index (κ3) is 2.85. The number of hydrogen-bond donors (Lipinski definition) is 1. The molecule has 0 aliphatic heterocycles. The molecule has 0 saturated carbocycles. The second-order valence-corrected chi connectivity index (χ2v) is 3.60. The summed E-state index contributed by atoms with van der Waals surface area (Å²) >= 11 is 6.30. The number of carbonyl (C=O) groups is 1. The van der Waals surface area contributed by atoms with E-state index in [2.05, 4.69) is 4.98 Å². The Morgan fingerprint density at radius 1 is 1.64 bits per heavy atom. The van der Waals surface area contributed by atoms with Crippen molar-refractivity contribution in [3.05, 3.63) is 11.1 Å². The summed E-state index contributed by atoms with van der Waals surface area (Å²) in [5.41, 5.74) is 0. The highest BCUT2D eigenvalue weighted by Gasteiger charge is 2.39. The first-order valence-corrected chi connectivity index (χ1v) is 4.67. The highest BCUT2D eigenvalue weighted by molar-refractivity contribution is 7.15. The number of aromatic nitrogens is 1. The molecule has 0 aliphatic rings. The summed E-state index contributed by atoms with van der Waals surface area (Å²) in [7, 11) is 0. The Morgan fingerprint density at radius 2 is 2.29 bits per heavy atom. The van der Waals surface area contributed by atoms with Crippen LogP contribution in [0.3, 0.4) is 0 Å². The van der Waals surface area contributed by atoms with Gasteiger partial charge in [0.2, 0.25) is 0 Å². The normalized spacial score (nSPS) is 11.4. The Bertz CT molecular complexity index is 338. The molecule has 14 heavy (non-hydrogen) atoms. The average molecular weight is 245 g/mol. The molecular formula is C6H4ClF3N2OS. The summed E-state index contributed by atoms with van der Waals surface area (Å²) in [6.45, 7) is 0. The summed E-state index contributed by atoms with van der Waals surface area (Å²) in [5, 5.41) is 1.51. The summed E-state index contributed by atoms with van der Waals surface area (Å²) in [5.74, 6) is -1.88. The number of carbonyl (C=O) groups excluding carboxylic acids is 1. The third-order valence-corrected chi connectivity index (χ3v) is 2.52. The maximum Gasteiger partial charge on any atom is 0.471 e. The fourth-order valence-corrected chi connectivity index (χ4v) is 1.49. The number of hydrogen-bond acceptors (Lipinski definition) is 3. The number of nitrogens with one attached hydrogen (secondary N) is 1. The second-order valence-electron chi connectivity index (χ2n) is 2.22. The van der Waals surface area contributed by atoms with Crippen molar-refractivity contribution in [1.82, 2.24) is 4.98 Å².